The van der Waals surface area contributed by atoms with Gasteiger partial charge in [-0.1, -0.05) is 43.0 Å². The molecule has 0 spiro atoms. The lowest BCUT2D eigenvalue weighted by molar-refractivity contribution is -0.310. The second-order valence-electron chi connectivity index (χ2n) is 4.35. The van der Waals surface area contributed by atoms with Crippen LogP contribution in [0, 0.1) is 5.82 Å². The molecule has 4 nitrogen and oxygen atoms in total. The number of amides is 1. The van der Waals surface area contributed by atoms with E-state index >= 15 is 0 Å². The summed E-state index contributed by atoms with van der Waals surface area (Å²) in [4.78, 5) is 24.7. The largest absolute Gasteiger partial charge is 0.548 e. The molecule has 1 heterocycles. The molecule has 1 atom stereocenters. The Bertz CT molecular complexity index is 645. The molecular formula is C14H11FNO3S2-. The fourth-order valence-corrected chi connectivity index (χ4v) is 3.31. The number of hydrogen-bond acceptors (Lipinski definition) is 5. The predicted molar refractivity (Wildman–Crippen MR) is 80.5 cm³/mol. The van der Waals surface area contributed by atoms with Crippen LogP contribution in [0.2, 0.25) is 0 Å². The van der Waals surface area contributed by atoms with Crippen LogP contribution in [0.5, 0.6) is 0 Å². The van der Waals surface area contributed by atoms with Gasteiger partial charge < -0.3 is 9.90 Å². The number of carbonyl (C=O) groups excluding carboxylic acids is 2. The van der Waals surface area contributed by atoms with Gasteiger partial charge in [0.1, 0.15) is 10.1 Å². The van der Waals surface area contributed by atoms with Crippen molar-refractivity contribution in [2.75, 3.05) is 0 Å². The van der Waals surface area contributed by atoms with Crippen molar-refractivity contribution in [3.63, 3.8) is 0 Å². The Morgan fingerprint density at radius 2 is 2.29 bits per heavy atom. The molecule has 1 saturated heterocycles. The fraction of sp³-hybridized carbons (Fsp3) is 0.214. The normalized spacial score (nSPS) is 18.4. The Kier molecular flexibility index (Phi) is 4.74. The van der Waals surface area contributed by atoms with E-state index in [1.54, 1.807) is 13.0 Å². The molecular weight excluding hydrogens is 313 g/mol. The number of aliphatic carboxylic acids is 1. The number of rotatable bonds is 4. The van der Waals surface area contributed by atoms with E-state index in [1.807, 2.05) is 0 Å². The third-order valence-corrected chi connectivity index (χ3v) is 4.27. The Balaban J connectivity index is 2.31. The van der Waals surface area contributed by atoms with Crippen LogP contribution < -0.4 is 5.11 Å². The van der Waals surface area contributed by atoms with Crippen LogP contribution in [0.4, 0.5) is 4.39 Å². The molecule has 0 N–H and O–H groups in total. The first-order valence-electron chi connectivity index (χ1n) is 6.17. The summed E-state index contributed by atoms with van der Waals surface area (Å²) in [5.41, 5.74) is 0.511. The maximum absolute atomic E-state index is 13.1. The zero-order valence-electron chi connectivity index (χ0n) is 11.0. The van der Waals surface area contributed by atoms with Gasteiger partial charge in [-0.2, -0.15) is 0 Å². The van der Waals surface area contributed by atoms with E-state index in [4.69, 9.17) is 12.2 Å². The Morgan fingerprint density at radius 3 is 2.86 bits per heavy atom. The van der Waals surface area contributed by atoms with Crippen molar-refractivity contribution in [3.05, 3.63) is 40.6 Å². The van der Waals surface area contributed by atoms with Gasteiger partial charge in [0.15, 0.2) is 0 Å². The van der Waals surface area contributed by atoms with Crippen LogP contribution in [-0.2, 0) is 9.59 Å². The van der Waals surface area contributed by atoms with Gasteiger partial charge in [-0.3, -0.25) is 9.69 Å². The Morgan fingerprint density at radius 1 is 1.57 bits per heavy atom. The minimum absolute atomic E-state index is 0.165. The Labute approximate surface area is 130 Å². The summed E-state index contributed by atoms with van der Waals surface area (Å²) in [6.07, 6.45) is 1.69. The molecule has 2 rings (SSSR count). The quantitative estimate of drug-likeness (QED) is 0.621. The summed E-state index contributed by atoms with van der Waals surface area (Å²) >= 11 is 6.06. The summed E-state index contributed by atoms with van der Waals surface area (Å²) in [5, 5.41) is 11.1. The zero-order valence-corrected chi connectivity index (χ0v) is 12.7. The molecule has 0 bridgehead atoms. The molecule has 0 radical (unpaired) electrons. The molecule has 1 amide bonds. The summed E-state index contributed by atoms with van der Waals surface area (Å²) in [5.74, 6) is -2.26. The van der Waals surface area contributed by atoms with Crippen molar-refractivity contribution in [1.82, 2.24) is 4.90 Å². The molecule has 110 valence electrons. The number of carboxylic acid groups (broad SMARTS) is 1. The molecule has 21 heavy (non-hydrogen) atoms. The van der Waals surface area contributed by atoms with Crippen molar-refractivity contribution in [2.45, 2.75) is 19.4 Å². The Hall–Kier alpha value is -1.73. The van der Waals surface area contributed by atoms with Crippen molar-refractivity contribution in [3.8, 4) is 0 Å². The molecule has 0 unspecified atom stereocenters. The van der Waals surface area contributed by atoms with Gasteiger partial charge in [0.25, 0.3) is 5.91 Å². The molecule has 1 aromatic carbocycles. The minimum atomic E-state index is -1.35. The van der Waals surface area contributed by atoms with Crippen LogP contribution in [0.25, 0.3) is 6.08 Å². The van der Waals surface area contributed by atoms with E-state index in [-0.39, 0.29) is 15.6 Å². The molecule has 0 aromatic heterocycles. The number of thioether (sulfide) groups is 1. The number of carbonyl (C=O) groups is 2. The second-order valence-corrected chi connectivity index (χ2v) is 6.03. The summed E-state index contributed by atoms with van der Waals surface area (Å²) in [6, 6.07) is 4.66. The highest BCUT2D eigenvalue weighted by Gasteiger charge is 2.36. The first-order valence-corrected chi connectivity index (χ1v) is 7.40. The van der Waals surface area contributed by atoms with Crippen LogP contribution in [-0.4, -0.2) is 27.1 Å². The molecule has 0 aliphatic carbocycles. The van der Waals surface area contributed by atoms with E-state index in [0.29, 0.717) is 5.56 Å². The SMILES string of the molecule is CC[C@@H](C(=O)[O-])N1C(=O)C(=Cc2cccc(F)c2)SC1=S. The van der Waals surface area contributed by atoms with E-state index < -0.39 is 23.7 Å². The van der Waals surface area contributed by atoms with Crippen LogP contribution >= 0.6 is 24.0 Å². The lowest BCUT2D eigenvalue weighted by atomic mass is 10.1. The third kappa shape index (κ3) is 3.30. The number of halogens is 1. The molecule has 1 fully saturated rings. The van der Waals surface area contributed by atoms with Crippen LogP contribution in [0.3, 0.4) is 0 Å². The highest BCUT2D eigenvalue weighted by molar-refractivity contribution is 8.26. The van der Waals surface area contributed by atoms with Crippen molar-refractivity contribution >= 4 is 46.3 Å². The van der Waals surface area contributed by atoms with Gasteiger partial charge in [-0.15, -0.1) is 0 Å². The number of hydrogen-bond donors (Lipinski definition) is 0. The fourth-order valence-electron chi connectivity index (χ4n) is 1.95. The topological polar surface area (TPSA) is 60.4 Å². The predicted octanol–water partition coefficient (Wildman–Crippen LogP) is 1.56. The first-order chi connectivity index (χ1) is 9.93. The van der Waals surface area contributed by atoms with Crippen molar-refractivity contribution in [2.24, 2.45) is 0 Å². The maximum atomic E-state index is 13.1. The lowest BCUT2D eigenvalue weighted by Gasteiger charge is -2.26. The minimum Gasteiger partial charge on any atom is -0.548 e. The van der Waals surface area contributed by atoms with Gasteiger partial charge in [0, 0.05) is 0 Å². The average molecular weight is 324 g/mol. The summed E-state index contributed by atoms with van der Waals surface area (Å²) in [7, 11) is 0. The summed E-state index contributed by atoms with van der Waals surface area (Å²) < 4.78 is 13.3. The van der Waals surface area contributed by atoms with Gasteiger partial charge in [-0.25, -0.2) is 4.39 Å². The van der Waals surface area contributed by atoms with E-state index in [1.165, 1.54) is 24.3 Å². The van der Waals surface area contributed by atoms with Gasteiger partial charge in [-0.05, 0) is 30.2 Å². The third-order valence-electron chi connectivity index (χ3n) is 2.94. The molecule has 1 aliphatic rings. The zero-order chi connectivity index (χ0) is 15.6. The highest BCUT2D eigenvalue weighted by atomic mass is 32.2. The van der Waals surface area contributed by atoms with E-state index in [0.717, 1.165) is 16.7 Å². The average Bonchev–Trinajstić information content (AvgIpc) is 2.67. The second kappa shape index (κ2) is 6.36. The molecule has 0 saturated carbocycles. The van der Waals surface area contributed by atoms with Gasteiger partial charge in [0.05, 0.1) is 16.9 Å². The first kappa shape index (κ1) is 15.7. The summed E-state index contributed by atoms with van der Waals surface area (Å²) in [6.45, 7) is 1.63. The lowest BCUT2D eigenvalue weighted by Crippen LogP contribution is -2.49. The van der Waals surface area contributed by atoms with E-state index in [9.17, 15) is 19.1 Å². The smallest absolute Gasteiger partial charge is 0.266 e. The van der Waals surface area contributed by atoms with Gasteiger partial charge in [0.2, 0.25) is 0 Å². The van der Waals surface area contributed by atoms with Crippen LogP contribution in [0.1, 0.15) is 18.9 Å². The van der Waals surface area contributed by atoms with E-state index in [2.05, 4.69) is 0 Å². The monoisotopic (exact) mass is 324 g/mol. The number of carboxylic acids is 1. The number of nitrogens with zero attached hydrogens (tertiary/aromatic N) is 1. The number of benzene rings is 1. The van der Waals surface area contributed by atoms with Crippen LogP contribution in [0.15, 0.2) is 29.2 Å². The number of thiocarbonyl (C=S) groups is 1. The van der Waals surface area contributed by atoms with Crippen molar-refractivity contribution in [1.29, 1.82) is 0 Å². The van der Waals surface area contributed by atoms with Gasteiger partial charge >= 0.3 is 0 Å². The van der Waals surface area contributed by atoms with Crippen molar-refractivity contribution < 1.29 is 19.1 Å². The highest BCUT2D eigenvalue weighted by Crippen LogP contribution is 2.34. The standard InChI is InChI=1S/C14H12FNO3S2/c1-2-10(13(18)19)16-12(17)11(21-14(16)20)7-8-4-3-5-9(15)6-8/h3-7,10H,2H2,1H3,(H,18,19)/p-1/t10-/m0/s1. The molecule has 1 aromatic rings. The maximum Gasteiger partial charge on any atom is 0.266 e. The molecule has 1 aliphatic heterocycles. The molecule has 7 heteroatoms.